The van der Waals surface area contributed by atoms with E-state index in [1.807, 2.05) is 30.3 Å². The van der Waals surface area contributed by atoms with Crippen LogP contribution in [0.1, 0.15) is 8.30 Å². The summed E-state index contributed by atoms with van der Waals surface area (Å²) in [5.74, 6) is -0.983. The molecule has 1 atom stereocenters. The number of likely N-dealkylation sites (N-methyl/N-ethyl adjacent to an activating group) is 1. The topological polar surface area (TPSA) is 40.5 Å². The number of benzene rings is 1. The average Bonchev–Trinajstić information content (AvgIpc) is 2.30. The molecule has 3 nitrogen and oxygen atoms in total. The summed E-state index contributed by atoms with van der Waals surface area (Å²) < 4.78 is 14.4. The lowest BCUT2D eigenvalue weighted by atomic mass is 10.1. The largest absolute Gasteiger partial charge is 0.480 e. The number of aliphatic carboxylic acids is 1. The van der Waals surface area contributed by atoms with Crippen molar-refractivity contribution >= 4 is 5.97 Å². The van der Waals surface area contributed by atoms with Crippen molar-refractivity contribution in [2.24, 2.45) is 0 Å². The molecular weight excluding hydrogens is 178 g/mol. The monoisotopic (exact) mass is 195 g/mol. The summed E-state index contributed by atoms with van der Waals surface area (Å²) in [7, 11) is -0.347. The molecule has 0 unspecified atom stereocenters. The zero-order valence-corrected chi connectivity index (χ0v) is 7.89. The van der Waals surface area contributed by atoms with E-state index in [1.54, 1.807) is 0 Å². The van der Waals surface area contributed by atoms with Gasteiger partial charge in [0.1, 0.15) is 6.04 Å². The van der Waals surface area contributed by atoms with Crippen molar-refractivity contribution in [1.29, 1.82) is 0 Å². The lowest BCUT2D eigenvalue weighted by Gasteiger charge is -2.19. The Balaban J connectivity index is 2.76. The quantitative estimate of drug-likeness (QED) is 0.786. The van der Waals surface area contributed by atoms with Crippen molar-refractivity contribution in [1.82, 2.24) is 4.90 Å². The van der Waals surface area contributed by atoms with E-state index in [-0.39, 0.29) is 14.0 Å². The first-order chi connectivity index (χ1) is 7.69. The fourth-order valence-corrected chi connectivity index (χ4v) is 1.21. The summed E-state index contributed by atoms with van der Waals surface area (Å²) in [5, 5.41) is 9.06. The molecule has 0 saturated heterocycles. The van der Waals surface area contributed by atoms with Gasteiger partial charge in [0.15, 0.2) is 0 Å². The van der Waals surface area contributed by atoms with Crippen LogP contribution in [0.15, 0.2) is 30.3 Å². The van der Waals surface area contributed by atoms with Gasteiger partial charge < -0.3 is 5.11 Å². The zero-order chi connectivity index (χ0) is 12.0. The minimum absolute atomic E-state index is 0.173. The van der Waals surface area contributed by atoms with Gasteiger partial charge in [0, 0.05) is 2.74 Å². The van der Waals surface area contributed by atoms with Gasteiger partial charge >= 0.3 is 5.97 Å². The SMILES string of the molecule is [2H]CN(C[2H])[C@@H](Cc1ccccc1)C(=O)O. The third-order valence-corrected chi connectivity index (χ3v) is 2.00. The normalized spacial score (nSPS) is 14.6. The van der Waals surface area contributed by atoms with E-state index in [9.17, 15) is 4.79 Å². The first kappa shape index (κ1) is 8.00. The Bertz CT molecular complexity index is 328. The van der Waals surface area contributed by atoms with E-state index in [0.29, 0.717) is 6.42 Å². The maximum atomic E-state index is 11.1. The molecule has 0 aliphatic rings. The second-order valence-corrected chi connectivity index (χ2v) is 3.13. The fourth-order valence-electron chi connectivity index (χ4n) is 1.21. The zero-order valence-electron chi connectivity index (χ0n) is 9.89. The molecule has 0 amide bonds. The minimum Gasteiger partial charge on any atom is -0.480 e. The highest BCUT2D eigenvalue weighted by Gasteiger charge is 2.19. The molecule has 1 aromatic carbocycles. The smallest absolute Gasteiger partial charge is 0.321 e. The fraction of sp³-hybridized carbons (Fsp3) is 0.364. The highest BCUT2D eigenvalue weighted by molar-refractivity contribution is 5.73. The van der Waals surface area contributed by atoms with Gasteiger partial charge in [0.25, 0.3) is 0 Å². The molecular formula is C11H15NO2. The Hall–Kier alpha value is -1.35. The van der Waals surface area contributed by atoms with Crippen molar-refractivity contribution < 1.29 is 12.6 Å². The van der Waals surface area contributed by atoms with Gasteiger partial charge in [-0.05, 0) is 26.0 Å². The molecule has 0 radical (unpaired) electrons. The maximum Gasteiger partial charge on any atom is 0.321 e. The lowest BCUT2D eigenvalue weighted by Crippen LogP contribution is -2.37. The molecule has 0 heterocycles. The predicted octanol–water partition coefficient (Wildman–Crippen LogP) is 1.24. The predicted molar refractivity (Wildman–Crippen MR) is 55.3 cm³/mol. The number of hydrogen-bond acceptors (Lipinski definition) is 2. The standard InChI is InChI=1S/C11H15NO2/c1-12(2)10(11(13)14)8-9-6-4-3-5-7-9/h3-7,10H,8H2,1-2H3,(H,13,14)/t10-/m0/s1/i1D,2D. The third kappa shape index (κ3) is 2.85. The van der Waals surface area contributed by atoms with Crippen molar-refractivity contribution in [3.05, 3.63) is 35.9 Å². The van der Waals surface area contributed by atoms with Crippen molar-refractivity contribution in [2.45, 2.75) is 12.5 Å². The number of carboxylic acid groups (broad SMARTS) is 1. The molecule has 0 bridgehead atoms. The molecule has 1 aromatic rings. The number of carboxylic acids is 1. The van der Waals surface area contributed by atoms with E-state index < -0.39 is 12.0 Å². The Labute approximate surface area is 86.8 Å². The van der Waals surface area contributed by atoms with Gasteiger partial charge in [-0.1, -0.05) is 30.3 Å². The number of nitrogens with zero attached hydrogens (tertiary/aromatic N) is 1. The van der Waals surface area contributed by atoms with Crippen LogP contribution >= 0.6 is 0 Å². The van der Waals surface area contributed by atoms with Crippen LogP contribution in [-0.4, -0.2) is 36.1 Å². The highest BCUT2D eigenvalue weighted by Crippen LogP contribution is 2.06. The van der Waals surface area contributed by atoms with Crippen LogP contribution in [0.25, 0.3) is 0 Å². The Morgan fingerprint density at radius 2 is 2.14 bits per heavy atom. The van der Waals surface area contributed by atoms with Crippen LogP contribution in [0.4, 0.5) is 0 Å². The van der Waals surface area contributed by atoms with Gasteiger partial charge in [0.2, 0.25) is 0 Å². The van der Waals surface area contributed by atoms with Gasteiger partial charge in [-0.3, -0.25) is 9.69 Å². The van der Waals surface area contributed by atoms with Crippen LogP contribution in [0, 0.1) is 0 Å². The number of hydrogen-bond donors (Lipinski definition) is 1. The Morgan fingerprint density at radius 1 is 1.50 bits per heavy atom. The second kappa shape index (κ2) is 4.77. The summed E-state index contributed by atoms with van der Waals surface area (Å²) in [6, 6.07) is 8.47. The van der Waals surface area contributed by atoms with Gasteiger partial charge in [0.05, 0.1) is 0 Å². The van der Waals surface area contributed by atoms with E-state index in [2.05, 4.69) is 0 Å². The molecule has 0 spiro atoms. The van der Waals surface area contributed by atoms with Crippen LogP contribution < -0.4 is 0 Å². The van der Waals surface area contributed by atoms with E-state index in [0.717, 1.165) is 5.56 Å². The molecule has 0 aromatic heterocycles. The van der Waals surface area contributed by atoms with E-state index >= 15 is 0 Å². The van der Waals surface area contributed by atoms with E-state index in [4.69, 9.17) is 7.85 Å². The summed E-state index contributed by atoms with van der Waals surface area (Å²) in [6.45, 7) is 0. The molecule has 14 heavy (non-hydrogen) atoms. The molecule has 1 rings (SSSR count). The van der Waals surface area contributed by atoms with Crippen LogP contribution in [0.3, 0.4) is 0 Å². The number of carbonyl (C=O) groups is 1. The Morgan fingerprint density at radius 3 is 2.64 bits per heavy atom. The third-order valence-electron chi connectivity index (χ3n) is 2.00. The first-order valence-corrected chi connectivity index (χ1v) is 4.28. The molecule has 76 valence electrons. The molecule has 0 saturated carbocycles. The van der Waals surface area contributed by atoms with Gasteiger partial charge in [-0.25, -0.2) is 0 Å². The van der Waals surface area contributed by atoms with Gasteiger partial charge in [-0.15, -0.1) is 0 Å². The highest BCUT2D eigenvalue weighted by atomic mass is 16.4. The molecule has 1 N–H and O–H groups in total. The van der Waals surface area contributed by atoms with Crippen molar-refractivity contribution in [3.8, 4) is 0 Å². The minimum atomic E-state index is -0.983. The maximum absolute atomic E-state index is 11.1. The van der Waals surface area contributed by atoms with Crippen LogP contribution in [-0.2, 0) is 11.2 Å². The molecule has 0 aliphatic heterocycles. The van der Waals surface area contributed by atoms with Crippen LogP contribution in [0.5, 0.6) is 0 Å². The summed E-state index contributed by atoms with van der Waals surface area (Å²) in [5.41, 5.74) is 0.904. The summed E-state index contributed by atoms with van der Waals surface area (Å²) >= 11 is 0. The molecule has 3 heteroatoms. The van der Waals surface area contributed by atoms with Gasteiger partial charge in [-0.2, -0.15) is 0 Å². The average molecular weight is 195 g/mol. The van der Waals surface area contributed by atoms with E-state index in [1.165, 1.54) is 4.90 Å². The second-order valence-electron chi connectivity index (χ2n) is 3.13. The van der Waals surface area contributed by atoms with Crippen LogP contribution in [0.2, 0.25) is 0 Å². The van der Waals surface area contributed by atoms with Crippen molar-refractivity contribution in [2.75, 3.05) is 14.0 Å². The first-order valence-electron chi connectivity index (χ1n) is 5.69. The Kier molecular flexibility index (Phi) is 2.72. The van der Waals surface area contributed by atoms with Crippen molar-refractivity contribution in [3.63, 3.8) is 0 Å². The summed E-state index contributed by atoms with van der Waals surface area (Å²) in [6.07, 6.45) is 0.327. The summed E-state index contributed by atoms with van der Waals surface area (Å²) in [4.78, 5) is 12.4. The molecule has 0 fully saturated rings. The number of rotatable bonds is 4. The lowest BCUT2D eigenvalue weighted by molar-refractivity contribution is -0.142. The molecule has 0 aliphatic carbocycles.